The first kappa shape index (κ1) is 22.0. The van der Waals surface area contributed by atoms with Gasteiger partial charge in [0.1, 0.15) is 11.6 Å². The molecule has 0 unspecified atom stereocenters. The van der Waals surface area contributed by atoms with E-state index in [-0.39, 0.29) is 17.8 Å². The number of para-hydroxylation sites is 1. The largest absolute Gasteiger partial charge is 0.496 e. The van der Waals surface area contributed by atoms with Gasteiger partial charge in [-0.15, -0.1) is 0 Å². The van der Waals surface area contributed by atoms with Crippen molar-refractivity contribution in [2.24, 2.45) is 0 Å². The Labute approximate surface area is 189 Å². The average molecular weight is 433 g/mol. The Morgan fingerprint density at radius 2 is 1.66 bits per heavy atom. The topological polar surface area (TPSA) is 32.8 Å². The summed E-state index contributed by atoms with van der Waals surface area (Å²) in [6.07, 6.45) is 1.70. The van der Waals surface area contributed by atoms with E-state index >= 15 is 0 Å². The highest BCUT2D eigenvalue weighted by molar-refractivity contribution is 6.06. The molecule has 0 radical (unpaired) electrons. The van der Waals surface area contributed by atoms with Gasteiger partial charge in [-0.1, -0.05) is 35.9 Å². The van der Waals surface area contributed by atoms with Crippen LogP contribution in [0.4, 0.5) is 10.1 Å². The third-order valence-corrected chi connectivity index (χ3v) is 6.13. The van der Waals surface area contributed by atoms with Crippen molar-refractivity contribution in [2.45, 2.75) is 32.4 Å². The van der Waals surface area contributed by atoms with Crippen molar-refractivity contribution in [3.05, 3.63) is 95.3 Å². The van der Waals surface area contributed by atoms with E-state index in [2.05, 4.69) is 11.0 Å². The van der Waals surface area contributed by atoms with Crippen LogP contribution < -0.4 is 9.64 Å². The SMILES string of the molecule is COc1ccccc1CN1CCC(N(C(=O)c2ccc(C)cc2)c2ccc(F)cc2)CC1. The van der Waals surface area contributed by atoms with Crippen molar-refractivity contribution in [3.8, 4) is 5.75 Å². The molecule has 0 aromatic heterocycles. The average Bonchev–Trinajstić information content (AvgIpc) is 2.82. The number of halogens is 1. The standard InChI is InChI=1S/C27H29FN2O2/c1-20-7-9-21(10-8-20)27(31)30(24-13-11-23(28)12-14-24)25-15-17-29(18-16-25)19-22-5-3-4-6-26(22)32-2/h3-14,25H,15-19H2,1-2H3. The molecule has 0 aliphatic carbocycles. The van der Waals surface area contributed by atoms with Crippen LogP contribution in [-0.2, 0) is 6.54 Å². The molecule has 166 valence electrons. The maximum absolute atomic E-state index is 13.6. The number of carbonyl (C=O) groups excluding carboxylic acids is 1. The third kappa shape index (κ3) is 5.00. The maximum Gasteiger partial charge on any atom is 0.258 e. The fraction of sp³-hybridized carbons (Fsp3) is 0.296. The Balaban J connectivity index is 1.51. The molecule has 3 aromatic carbocycles. The summed E-state index contributed by atoms with van der Waals surface area (Å²) < 4.78 is 19.1. The minimum atomic E-state index is -0.303. The van der Waals surface area contributed by atoms with Crippen LogP contribution in [0.5, 0.6) is 5.75 Å². The number of ether oxygens (including phenoxy) is 1. The van der Waals surface area contributed by atoms with Gasteiger partial charge in [-0.25, -0.2) is 4.39 Å². The number of piperidine rings is 1. The summed E-state index contributed by atoms with van der Waals surface area (Å²) >= 11 is 0. The highest BCUT2D eigenvalue weighted by Gasteiger charge is 2.30. The van der Waals surface area contributed by atoms with E-state index < -0.39 is 0 Å². The first-order chi connectivity index (χ1) is 15.5. The Morgan fingerprint density at radius 3 is 2.31 bits per heavy atom. The lowest BCUT2D eigenvalue weighted by Crippen LogP contribution is -2.47. The molecular weight excluding hydrogens is 403 g/mol. The monoisotopic (exact) mass is 432 g/mol. The molecule has 3 aromatic rings. The number of hydrogen-bond donors (Lipinski definition) is 0. The van der Waals surface area contributed by atoms with Crippen molar-refractivity contribution in [1.82, 2.24) is 4.90 Å². The molecule has 0 N–H and O–H groups in total. The van der Waals surface area contributed by atoms with Crippen LogP contribution in [0, 0.1) is 12.7 Å². The van der Waals surface area contributed by atoms with Gasteiger partial charge in [0.25, 0.3) is 5.91 Å². The Hall–Kier alpha value is -3.18. The number of methoxy groups -OCH3 is 1. The fourth-order valence-corrected chi connectivity index (χ4v) is 4.34. The summed E-state index contributed by atoms with van der Waals surface area (Å²) in [6, 6.07) is 22.0. The molecule has 1 heterocycles. The molecule has 1 amide bonds. The summed E-state index contributed by atoms with van der Waals surface area (Å²) in [7, 11) is 1.70. The molecule has 0 atom stereocenters. The molecule has 0 spiro atoms. The van der Waals surface area contributed by atoms with Gasteiger partial charge in [-0.2, -0.15) is 0 Å². The Bertz CT molecular complexity index is 1040. The minimum absolute atomic E-state index is 0.0419. The van der Waals surface area contributed by atoms with Crippen LogP contribution >= 0.6 is 0 Å². The van der Waals surface area contributed by atoms with Crippen LogP contribution in [0.25, 0.3) is 0 Å². The van der Waals surface area contributed by atoms with Crippen molar-refractivity contribution < 1.29 is 13.9 Å². The lowest BCUT2D eigenvalue weighted by molar-refractivity contribution is 0.0958. The lowest BCUT2D eigenvalue weighted by Gasteiger charge is -2.39. The zero-order valence-corrected chi connectivity index (χ0v) is 18.6. The smallest absolute Gasteiger partial charge is 0.258 e. The van der Waals surface area contributed by atoms with Gasteiger partial charge in [0.15, 0.2) is 0 Å². The molecule has 1 aliphatic rings. The lowest BCUT2D eigenvalue weighted by atomic mass is 9.99. The van der Waals surface area contributed by atoms with Gasteiger partial charge < -0.3 is 9.64 Å². The first-order valence-corrected chi connectivity index (χ1v) is 11.0. The summed E-state index contributed by atoms with van der Waals surface area (Å²) in [5.74, 6) is 0.556. The van der Waals surface area contributed by atoms with E-state index in [1.807, 2.05) is 54.3 Å². The van der Waals surface area contributed by atoms with Gasteiger partial charge >= 0.3 is 0 Å². The van der Waals surface area contributed by atoms with Gasteiger partial charge in [0.2, 0.25) is 0 Å². The van der Waals surface area contributed by atoms with Gasteiger partial charge in [0, 0.05) is 42.5 Å². The number of hydrogen-bond acceptors (Lipinski definition) is 3. The van der Waals surface area contributed by atoms with Crippen LogP contribution in [0.2, 0.25) is 0 Å². The molecular formula is C27H29FN2O2. The van der Waals surface area contributed by atoms with Crippen LogP contribution in [0.3, 0.4) is 0 Å². The number of anilines is 1. The van der Waals surface area contributed by atoms with Gasteiger partial charge in [-0.05, 0) is 62.2 Å². The fourth-order valence-electron chi connectivity index (χ4n) is 4.34. The molecule has 1 fully saturated rings. The van der Waals surface area contributed by atoms with Gasteiger partial charge in [0.05, 0.1) is 7.11 Å². The van der Waals surface area contributed by atoms with E-state index in [0.29, 0.717) is 5.56 Å². The second-order valence-corrected chi connectivity index (χ2v) is 8.34. The number of aryl methyl sites for hydroxylation is 1. The molecule has 1 saturated heterocycles. The molecule has 5 heteroatoms. The Morgan fingerprint density at radius 1 is 1.00 bits per heavy atom. The molecule has 32 heavy (non-hydrogen) atoms. The van der Waals surface area contributed by atoms with E-state index in [0.717, 1.165) is 49.5 Å². The molecule has 4 nitrogen and oxygen atoms in total. The predicted molar refractivity (Wildman–Crippen MR) is 126 cm³/mol. The highest BCUT2D eigenvalue weighted by atomic mass is 19.1. The summed E-state index contributed by atoms with van der Waals surface area (Å²) in [6.45, 7) is 4.58. The molecule has 4 rings (SSSR count). The van der Waals surface area contributed by atoms with E-state index in [1.165, 1.54) is 17.7 Å². The molecule has 1 aliphatic heterocycles. The first-order valence-electron chi connectivity index (χ1n) is 11.0. The quantitative estimate of drug-likeness (QED) is 0.519. The highest BCUT2D eigenvalue weighted by Crippen LogP contribution is 2.28. The number of carbonyl (C=O) groups is 1. The number of nitrogens with zero attached hydrogens (tertiary/aromatic N) is 2. The van der Waals surface area contributed by atoms with Crippen molar-refractivity contribution in [3.63, 3.8) is 0 Å². The van der Waals surface area contributed by atoms with Crippen molar-refractivity contribution in [2.75, 3.05) is 25.1 Å². The van der Waals surface area contributed by atoms with Crippen LogP contribution in [0.1, 0.15) is 34.3 Å². The summed E-state index contributed by atoms with van der Waals surface area (Å²) in [5, 5.41) is 0. The number of likely N-dealkylation sites (tertiary alicyclic amines) is 1. The second-order valence-electron chi connectivity index (χ2n) is 8.34. The van der Waals surface area contributed by atoms with Crippen molar-refractivity contribution >= 4 is 11.6 Å². The van der Waals surface area contributed by atoms with E-state index in [9.17, 15) is 9.18 Å². The van der Waals surface area contributed by atoms with E-state index in [4.69, 9.17) is 4.74 Å². The normalized spacial score (nSPS) is 14.8. The zero-order chi connectivity index (χ0) is 22.5. The maximum atomic E-state index is 13.6. The number of amides is 1. The van der Waals surface area contributed by atoms with Crippen LogP contribution in [-0.4, -0.2) is 37.0 Å². The van der Waals surface area contributed by atoms with Crippen LogP contribution in [0.15, 0.2) is 72.8 Å². The summed E-state index contributed by atoms with van der Waals surface area (Å²) in [4.78, 5) is 17.7. The minimum Gasteiger partial charge on any atom is -0.496 e. The number of rotatable bonds is 6. The second kappa shape index (κ2) is 9.96. The zero-order valence-electron chi connectivity index (χ0n) is 18.6. The van der Waals surface area contributed by atoms with E-state index in [1.54, 1.807) is 19.2 Å². The third-order valence-electron chi connectivity index (χ3n) is 6.13. The van der Waals surface area contributed by atoms with Gasteiger partial charge in [-0.3, -0.25) is 9.69 Å². The van der Waals surface area contributed by atoms with Crippen molar-refractivity contribution in [1.29, 1.82) is 0 Å². The number of benzene rings is 3. The predicted octanol–water partition coefficient (Wildman–Crippen LogP) is 5.45. The summed E-state index contributed by atoms with van der Waals surface area (Å²) in [5.41, 5.74) is 3.66. The Kier molecular flexibility index (Phi) is 6.86. The molecule has 0 saturated carbocycles. The molecule has 0 bridgehead atoms.